The topological polar surface area (TPSA) is 160 Å². The largest absolute Gasteiger partial charge is 0.458 e. The van der Waals surface area contributed by atoms with Crippen molar-refractivity contribution in [2.45, 2.75) is 56.1 Å². The molecule has 0 aliphatic heterocycles. The zero-order valence-corrected chi connectivity index (χ0v) is 27.8. The molecular weight excluding hydrogens is 634 g/mol. The molecule has 252 valence electrons. The number of amides is 2. The lowest BCUT2D eigenvalue weighted by molar-refractivity contribution is -0.157. The third-order valence-corrected chi connectivity index (χ3v) is 8.82. The smallest absolute Gasteiger partial charge is 0.407 e. The van der Waals surface area contributed by atoms with Crippen molar-refractivity contribution < 1.29 is 36.8 Å². The standard InChI is InChI=1S/C36H39N3O8S/c1-36(2,3)47-34(41)31(39-35(42)46-22-29-25-12-6-4-10-23(25)24-11-5-7-13-26(24)29)18-19-33(40)38-21-20-37-30-16-8-15-28-27(30)14-9-17-32(28)48(43,44)45/h4-17,29,31,37H,18-22H2,1-3H3,(H,38,40)(H,39,42)(H,43,44,45)/t31-/m0/s1. The van der Waals surface area contributed by atoms with Crippen molar-refractivity contribution >= 4 is 44.5 Å². The number of alkyl carbamates (subject to hydrolysis) is 1. The fraction of sp³-hybridized carbons (Fsp3) is 0.306. The van der Waals surface area contributed by atoms with Gasteiger partial charge in [0.15, 0.2) is 0 Å². The molecule has 0 saturated carbocycles. The number of benzene rings is 4. The van der Waals surface area contributed by atoms with Crippen molar-refractivity contribution in [1.82, 2.24) is 10.6 Å². The highest BCUT2D eigenvalue weighted by Crippen LogP contribution is 2.44. The second-order valence-corrected chi connectivity index (χ2v) is 13.9. The average molecular weight is 674 g/mol. The summed E-state index contributed by atoms with van der Waals surface area (Å²) in [5, 5.41) is 9.51. The van der Waals surface area contributed by atoms with Crippen molar-refractivity contribution in [3.8, 4) is 11.1 Å². The number of nitrogens with one attached hydrogen (secondary N) is 3. The third-order valence-electron chi connectivity index (χ3n) is 7.91. The maximum atomic E-state index is 13.0. The Bertz CT molecular complexity index is 1890. The fourth-order valence-electron chi connectivity index (χ4n) is 5.83. The molecule has 1 aliphatic rings. The SMILES string of the molecule is CC(C)(C)OC(=O)[C@H](CCC(=O)NCCNc1cccc2c(S(=O)(=O)O)cccc12)NC(=O)OCC1c2ccccc2-c2ccccc21. The van der Waals surface area contributed by atoms with E-state index in [-0.39, 0.29) is 42.7 Å². The van der Waals surface area contributed by atoms with Gasteiger partial charge in [0.25, 0.3) is 10.1 Å². The van der Waals surface area contributed by atoms with E-state index in [2.05, 4.69) is 16.0 Å². The van der Waals surface area contributed by atoms with Crippen molar-refractivity contribution in [2.24, 2.45) is 0 Å². The summed E-state index contributed by atoms with van der Waals surface area (Å²) < 4.78 is 44.2. The lowest BCUT2D eigenvalue weighted by Gasteiger charge is -2.24. The lowest BCUT2D eigenvalue weighted by Crippen LogP contribution is -2.45. The highest BCUT2D eigenvalue weighted by molar-refractivity contribution is 7.86. The number of rotatable bonds is 12. The Morgan fingerprint density at radius 1 is 0.833 bits per heavy atom. The van der Waals surface area contributed by atoms with Gasteiger partial charge in [-0.25, -0.2) is 9.59 Å². The molecular formula is C36H39N3O8S. The van der Waals surface area contributed by atoms with E-state index in [9.17, 15) is 27.4 Å². The van der Waals surface area contributed by atoms with Crippen molar-refractivity contribution in [2.75, 3.05) is 25.0 Å². The summed E-state index contributed by atoms with van der Waals surface area (Å²) in [5.41, 5.74) is 4.13. The van der Waals surface area contributed by atoms with E-state index >= 15 is 0 Å². The fourth-order valence-corrected chi connectivity index (χ4v) is 6.53. The van der Waals surface area contributed by atoms with Gasteiger partial charge in [-0.3, -0.25) is 9.35 Å². The molecule has 11 nitrogen and oxygen atoms in total. The van der Waals surface area contributed by atoms with Gasteiger partial charge in [-0.15, -0.1) is 0 Å². The first kappa shape index (κ1) is 34.4. The minimum Gasteiger partial charge on any atom is -0.458 e. The van der Waals surface area contributed by atoms with Gasteiger partial charge >= 0.3 is 12.1 Å². The normalized spacial score (nSPS) is 13.2. The van der Waals surface area contributed by atoms with Gasteiger partial charge in [0.1, 0.15) is 23.1 Å². The van der Waals surface area contributed by atoms with Gasteiger partial charge in [0.2, 0.25) is 5.91 Å². The second-order valence-electron chi connectivity index (χ2n) is 12.5. The van der Waals surface area contributed by atoms with Crippen molar-refractivity contribution in [1.29, 1.82) is 0 Å². The summed E-state index contributed by atoms with van der Waals surface area (Å²) in [6.45, 7) is 5.76. The highest BCUT2D eigenvalue weighted by Gasteiger charge is 2.31. The number of hydrogen-bond acceptors (Lipinski definition) is 8. The van der Waals surface area contributed by atoms with Gasteiger partial charge < -0.3 is 25.4 Å². The number of ether oxygens (including phenoxy) is 2. The molecule has 4 aromatic carbocycles. The van der Waals surface area contributed by atoms with Crippen LogP contribution >= 0.6 is 0 Å². The summed E-state index contributed by atoms with van der Waals surface area (Å²) in [4.78, 5) is 38.5. The second kappa shape index (κ2) is 14.4. The number of carbonyl (C=O) groups excluding carboxylic acids is 3. The summed E-state index contributed by atoms with van der Waals surface area (Å²) in [6, 6.07) is 24.5. The van der Waals surface area contributed by atoms with Crippen LogP contribution in [-0.4, -0.2) is 62.3 Å². The number of carbonyl (C=O) groups is 3. The molecule has 4 N–H and O–H groups in total. The number of esters is 1. The molecule has 0 saturated heterocycles. The Morgan fingerprint density at radius 3 is 2.10 bits per heavy atom. The number of anilines is 1. The van der Waals surface area contributed by atoms with E-state index in [4.69, 9.17) is 9.47 Å². The molecule has 0 aromatic heterocycles. The first-order chi connectivity index (χ1) is 22.8. The van der Waals surface area contributed by atoms with Crippen molar-refractivity contribution in [3.05, 3.63) is 96.1 Å². The quantitative estimate of drug-likeness (QED) is 0.0847. The van der Waals surface area contributed by atoms with Gasteiger partial charge in [-0.05, 0) is 61.6 Å². The van der Waals surface area contributed by atoms with E-state index in [1.807, 2.05) is 48.5 Å². The van der Waals surface area contributed by atoms with Gasteiger partial charge in [0, 0.05) is 41.9 Å². The number of fused-ring (bicyclic) bond motifs is 4. The van der Waals surface area contributed by atoms with E-state index in [1.54, 1.807) is 45.0 Å². The monoisotopic (exact) mass is 673 g/mol. The molecule has 0 fully saturated rings. The summed E-state index contributed by atoms with van der Waals surface area (Å²) in [7, 11) is -4.40. The lowest BCUT2D eigenvalue weighted by atomic mass is 9.98. The van der Waals surface area contributed by atoms with Gasteiger partial charge in [0.05, 0.1) is 0 Å². The third kappa shape index (κ3) is 8.31. The molecule has 2 amide bonds. The molecule has 0 radical (unpaired) electrons. The van der Waals surface area contributed by atoms with Gasteiger partial charge in [-0.2, -0.15) is 8.42 Å². The molecule has 12 heteroatoms. The zero-order chi connectivity index (χ0) is 34.5. The van der Waals surface area contributed by atoms with Crippen LogP contribution in [0.1, 0.15) is 50.7 Å². The summed E-state index contributed by atoms with van der Waals surface area (Å²) in [6.07, 6.45) is -0.871. The van der Waals surface area contributed by atoms with Crippen LogP contribution in [0.3, 0.4) is 0 Å². The summed E-state index contributed by atoms with van der Waals surface area (Å²) in [5.74, 6) is -1.17. The Balaban J connectivity index is 1.15. The summed E-state index contributed by atoms with van der Waals surface area (Å²) >= 11 is 0. The predicted molar refractivity (Wildman–Crippen MR) is 182 cm³/mol. The first-order valence-corrected chi connectivity index (χ1v) is 17.1. The molecule has 0 spiro atoms. The van der Waals surface area contributed by atoms with Crippen LogP contribution in [0.25, 0.3) is 21.9 Å². The molecule has 0 bridgehead atoms. The van der Waals surface area contributed by atoms with Crippen LogP contribution in [0.15, 0.2) is 89.8 Å². The Hall–Kier alpha value is -4.94. The van der Waals surface area contributed by atoms with Crippen LogP contribution in [-0.2, 0) is 29.2 Å². The Kier molecular flexibility index (Phi) is 10.4. The average Bonchev–Trinajstić information content (AvgIpc) is 3.36. The Morgan fingerprint density at radius 2 is 1.46 bits per heavy atom. The maximum absolute atomic E-state index is 13.0. The molecule has 5 rings (SSSR count). The number of hydrogen-bond donors (Lipinski definition) is 4. The van der Waals surface area contributed by atoms with Crippen LogP contribution in [0.5, 0.6) is 0 Å². The molecule has 0 unspecified atom stereocenters. The molecule has 1 aliphatic carbocycles. The molecule has 48 heavy (non-hydrogen) atoms. The van der Waals surface area contributed by atoms with E-state index in [0.717, 1.165) is 22.3 Å². The molecule has 1 atom stereocenters. The molecule has 4 aromatic rings. The van der Waals surface area contributed by atoms with Crippen LogP contribution in [0.4, 0.5) is 10.5 Å². The highest BCUT2D eigenvalue weighted by atomic mass is 32.2. The maximum Gasteiger partial charge on any atom is 0.407 e. The first-order valence-electron chi connectivity index (χ1n) is 15.7. The van der Waals surface area contributed by atoms with E-state index < -0.39 is 33.8 Å². The van der Waals surface area contributed by atoms with Gasteiger partial charge in [-0.1, -0.05) is 72.8 Å². The van der Waals surface area contributed by atoms with Crippen LogP contribution in [0, 0.1) is 0 Å². The zero-order valence-electron chi connectivity index (χ0n) is 27.0. The minimum atomic E-state index is -4.40. The van der Waals surface area contributed by atoms with E-state index in [0.29, 0.717) is 23.0 Å². The molecule has 0 heterocycles. The minimum absolute atomic E-state index is 0.0138. The van der Waals surface area contributed by atoms with Crippen LogP contribution in [0.2, 0.25) is 0 Å². The van der Waals surface area contributed by atoms with Crippen LogP contribution < -0.4 is 16.0 Å². The predicted octanol–water partition coefficient (Wildman–Crippen LogP) is 5.64. The Labute approximate surface area is 279 Å². The van der Waals surface area contributed by atoms with Crippen molar-refractivity contribution in [3.63, 3.8) is 0 Å². The van der Waals surface area contributed by atoms with E-state index in [1.165, 1.54) is 12.1 Å².